The number of benzene rings is 2. The molecule has 0 atom stereocenters. The van der Waals surface area contributed by atoms with E-state index in [1.165, 1.54) is 0 Å². The third-order valence-electron chi connectivity index (χ3n) is 3.95. The lowest BCUT2D eigenvalue weighted by molar-refractivity contribution is 0.282. The molecule has 0 unspecified atom stereocenters. The first-order chi connectivity index (χ1) is 12.8. The van der Waals surface area contributed by atoms with Crippen LogP contribution in [0.2, 0.25) is 0 Å². The molecule has 6 heteroatoms. The zero-order valence-electron chi connectivity index (χ0n) is 14.7. The normalized spacial score (nSPS) is 10.7. The predicted octanol–water partition coefficient (Wildman–Crippen LogP) is 4.02. The second-order valence-electron chi connectivity index (χ2n) is 5.86. The van der Waals surface area contributed by atoms with Crippen molar-refractivity contribution in [2.75, 3.05) is 13.7 Å². The molecule has 0 saturated carbocycles. The summed E-state index contributed by atoms with van der Waals surface area (Å²) < 4.78 is 14.4. The molecular formula is C20H22BrN3O2. The van der Waals surface area contributed by atoms with Crippen LogP contribution < -0.4 is 14.8 Å². The maximum atomic E-state index is 5.97. The molecule has 0 aliphatic carbocycles. The zero-order chi connectivity index (χ0) is 18.2. The van der Waals surface area contributed by atoms with Gasteiger partial charge in [0.1, 0.15) is 6.61 Å². The van der Waals surface area contributed by atoms with Crippen LogP contribution >= 0.6 is 15.9 Å². The van der Waals surface area contributed by atoms with Crippen molar-refractivity contribution in [1.82, 2.24) is 14.9 Å². The van der Waals surface area contributed by atoms with Crippen LogP contribution in [0.1, 0.15) is 11.1 Å². The van der Waals surface area contributed by atoms with Crippen molar-refractivity contribution in [2.24, 2.45) is 0 Å². The van der Waals surface area contributed by atoms with E-state index in [1.54, 1.807) is 13.3 Å². The summed E-state index contributed by atoms with van der Waals surface area (Å²) in [6.45, 7) is 3.00. The summed E-state index contributed by atoms with van der Waals surface area (Å²) in [5.74, 6) is 1.44. The Hall–Kier alpha value is -2.31. The van der Waals surface area contributed by atoms with Gasteiger partial charge in [-0.05, 0) is 39.2 Å². The molecule has 0 spiro atoms. The minimum absolute atomic E-state index is 0.498. The van der Waals surface area contributed by atoms with Crippen LogP contribution in [-0.2, 0) is 19.7 Å². The fourth-order valence-electron chi connectivity index (χ4n) is 2.60. The molecule has 0 aliphatic rings. The second-order valence-corrected chi connectivity index (χ2v) is 6.71. The Morgan fingerprint density at radius 3 is 2.73 bits per heavy atom. The van der Waals surface area contributed by atoms with E-state index in [1.807, 2.05) is 53.5 Å². The second kappa shape index (κ2) is 9.40. The van der Waals surface area contributed by atoms with Crippen molar-refractivity contribution in [1.29, 1.82) is 0 Å². The number of rotatable bonds is 9. The summed E-state index contributed by atoms with van der Waals surface area (Å²) in [6.07, 6.45) is 5.57. The van der Waals surface area contributed by atoms with Crippen molar-refractivity contribution >= 4 is 15.9 Å². The van der Waals surface area contributed by atoms with Crippen LogP contribution in [0.15, 0.2) is 65.7 Å². The fraction of sp³-hybridized carbons (Fsp3) is 0.250. The molecule has 5 nitrogen and oxygen atoms in total. The number of nitrogens with one attached hydrogen (secondary N) is 1. The summed E-state index contributed by atoms with van der Waals surface area (Å²) >= 11 is 3.61. The molecule has 1 aromatic heterocycles. The van der Waals surface area contributed by atoms with Gasteiger partial charge in [0, 0.05) is 32.0 Å². The standard InChI is InChI=1S/C20H22BrN3O2/c1-25-19-12-17(13-22-7-9-24-10-8-23-15-24)11-18(21)20(19)26-14-16-5-3-2-4-6-16/h2-6,8,10-12,15,22H,7,9,13-14H2,1H3. The number of methoxy groups -OCH3 is 1. The van der Waals surface area contributed by atoms with E-state index in [-0.39, 0.29) is 0 Å². The minimum Gasteiger partial charge on any atom is -0.493 e. The molecule has 136 valence electrons. The summed E-state index contributed by atoms with van der Waals surface area (Å²) in [5, 5.41) is 3.43. The Balaban J connectivity index is 1.59. The fourth-order valence-corrected chi connectivity index (χ4v) is 3.21. The molecular weight excluding hydrogens is 394 g/mol. The van der Waals surface area contributed by atoms with Crippen molar-refractivity contribution in [2.45, 2.75) is 19.7 Å². The van der Waals surface area contributed by atoms with Crippen LogP contribution in [0.4, 0.5) is 0 Å². The monoisotopic (exact) mass is 415 g/mol. The van der Waals surface area contributed by atoms with Gasteiger partial charge < -0.3 is 19.4 Å². The highest BCUT2D eigenvalue weighted by atomic mass is 79.9. The average Bonchev–Trinajstić information content (AvgIpc) is 3.18. The van der Waals surface area contributed by atoms with E-state index < -0.39 is 0 Å². The number of imidazole rings is 1. The lowest BCUT2D eigenvalue weighted by atomic mass is 10.2. The molecule has 3 aromatic rings. The molecule has 0 bridgehead atoms. The van der Waals surface area contributed by atoms with E-state index in [9.17, 15) is 0 Å². The topological polar surface area (TPSA) is 48.3 Å². The summed E-state index contributed by atoms with van der Waals surface area (Å²) in [5.41, 5.74) is 2.25. The highest BCUT2D eigenvalue weighted by Gasteiger charge is 2.12. The first-order valence-corrected chi connectivity index (χ1v) is 9.25. The maximum Gasteiger partial charge on any atom is 0.175 e. The number of hydrogen-bond donors (Lipinski definition) is 1. The van der Waals surface area contributed by atoms with Crippen molar-refractivity contribution in [3.05, 3.63) is 76.8 Å². The molecule has 26 heavy (non-hydrogen) atoms. The molecule has 0 aliphatic heterocycles. The van der Waals surface area contributed by atoms with Gasteiger partial charge in [-0.15, -0.1) is 0 Å². The number of nitrogens with zero attached hydrogens (tertiary/aromatic N) is 2. The lowest BCUT2D eigenvalue weighted by Gasteiger charge is -2.15. The number of halogens is 1. The molecule has 2 aromatic carbocycles. The van der Waals surface area contributed by atoms with Gasteiger partial charge in [0.05, 0.1) is 17.9 Å². The first-order valence-electron chi connectivity index (χ1n) is 8.46. The van der Waals surface area contributed by atoms with Crippen LogP contribution in [0.3, 0.4) is 0 Å². The SMILES string of the molecule is COc1cc(CNCCn2ccnc2)cc(Br)c1OCc1ccccc1. The Kier molecular flexibility index (Phi) is 6.68. The lowest BCUT2D eigenvalue weighted by Crippen LogP contribution is -2.19. The van der Waals surface area contributed by atoms with Gasteiger partial charge in [0.25, 0.3) is 0 Å². The molecule has 0 saturated heterocycles. The first kappa shape index (κ1) is 18.5. The molecule has 1 N–H and O–H groups in total. The summed E-state index contributed by atoms with van der Waals surface area (Å²) in [4.78, 5) is 4.04. The molecule has 0 amide bonds. The smallest absolute Gasteiger partial charge is 0.175 e. The maximum absolute atomic E-state index is 5.97. The largest absolute Gasteiger partial charge is 0.493 e. The van der Waals surface area contributed by atoms with Gasteiger partial charge in [-0.25, -0.2) is 4.98 Å². The zero-order valence-corrected chi connectivity index (χ0v) is 16.3. The third-order valence-corrected chi connectivity index (χ3v) is 4.54. The summed E-state index contributed by atoms with van der Waals surface area (Å²) in [6, 6.07) is 14.2. The van der Waals surface area contributed by atoms with E-state index in [0.717, 1.165) is 46.7 Å². The van der Waals surface area contributed by atoms with Gasteiger partial charge >= 0.3 is 0 Å². The van der Waals surface area contributed by atoms with Crippen LogP contribution in [-0.4, -0.2) is 23.2 Å². The minimum atomic E-state index is 0.498. The van der Waals surface area contributed by atoms with Crippen molar-refractivity contribution in [3.8, 4) is 11.5 Å². The number of hydrogen-bond acceptors (Lipinski definition) is 4. The van der Waals surface area contributed by atoms with E-state index in [4.69, 9.17) is 9.47 Å². The van der Waals surface area contributed by atoms with Gasteiger partial charge in [0.2, 0.25) is 0 Å². The van der Waals surface area contributed by atoms with E-state index >= 15 is 0 Å². The van der Waals surface area contributed by atoms with Crippen LogP contribution in [0.25, 0.3) is 0 Å². The predicted molar refractivity (Wildman–Crippen MR) is 105 cm³/mol. The van der Waals surface area contributed by atoms with Crippen molar-refractivity contribution < 1.29 is 9.47 Å². The summed E-state index contributed by atoms with van der Waals surface area (Å²) in [7, 11) is 1.66. The van der Waals surface area contributed by atoms with Gasteiger partial charge in [0.15, 0.2) is 11.5 Å². The molecule has 3 rings (SSSR count). The van der Waals surface area contributed by atoms with Gasteiger partial charge in [-0.2, -0.15) is 0 Å². The Morgan fingerprint density at radius 2 is 2.00 bits per heavy atom. The Morgan fingerprint density at radius 1 is 1.15 bits per heavy atom. The van der Waals surface area contributed by atoms with Crippen LogP contribution in [0.5, 0.6) is 11.5 Å². The molecule has 0 radical (unpaired) electrons. The Labute approximate surface area is 162 Å². The number of aromatic nitrogens is 2. The third kappa shape index (κ3) is 5.09. The van der Waals surface area contributed by atoms with E-state index in [2.05, 4.69) is 32.3 Å². The molecule has 1 heterocycles. The number of ether oxygens (including phenoxy) is 2. The Bertz CT molecular complexity index is 807. The van der Waals surface area contributed by atoms with Gasteiger partial charge in [-0.3, -0.25) is 0 Å². The quantitative estimate of drug-likeness (QED) is 0.536. The molecule has 0 fully saturated rings. The highest BCUT2D eigenvalue weighted by Crippen LogP contribution is 2.37. The highest BCUT2D eigenvalue weighted by molar-refractivity contribution is 9.10. The van der Waals surface area contributed by atoms with Gasteiger partial charge in [-0.1, -0.05) is 30.3 Å². The average molecular weight is 416 g/mol. The van der Waals surface area contributed by atoms with Crippen molar-refractivity contribution in [3.63, 3.8) is 0 Å². The van der Waals surface area contributed by atoms with Crippen LogP contribution in [0, 0.1) is 0 Å². The van der Waals surface area contributed by atoms with E-state index in [0.29, 0.717) is 6.61 Å².